The van der Waals surface area contributed by atoms with E-state index in [0.29, 0.717) is 24.2 Å². The minimum atomic E-state index is -1.12. The predicted octanol–water partition coefficient (Wildman–Crippen LogP) is 1.66. The van der Waals surface area contributed by atoms with Gasteiger partial charge in [-0.2, -0.15) is 5.10 Å². The van der Waals surface area contributed by atoms with Crippen molar-refractivity contribution in [3.05, 3.63) is 53.9 Å². The quantitative estimate of drug-likeness (QED) is 0.732. The van der Waals surface area contributed by atoms with E-state index >= 15 is 0 Å². The molecular formula is C17H16FN5O3. The van der Waals surface area contributed by atoms with Crippen molar-refractivity contribution < 1.29 is 19.4 Å². The third-order valence-corrected chi connectivity index (χ3v) is 4.67. The average molecular weight is 357 g/mol. The van der Waals surface area contributed by atoms with Gasteiger partial charge in [0.15, 0.2) is 5.65 Å². The van der Waals surface area contributed by atoms with E-state index in [0.717, 1.165) is 6.20 Å². The molecule has 8 nitrogen and oxygen atoms in total. The Labute approximate surface area is 147 Å². The summed E-state index contributed by atoms with van der Waals surface area (Å²) >= 11 is 0. The smallest absolute Gasteiger partial charge is 0.341 e. The van der Waals surface area contributed by atoms with Crippen molar-refractivity contribution >= 4 is 17.4 Å². The SMILES string of the molecule is O=C(O)c1cnn2ccc(N3C(CO)CCC3c3cncc(F)c3)nc12. The number of aliphatic hydroxyl groups excluding tert-OH is 1. The standard InChI is InChI=1S/C17H16FN5O3/c18-11-5-10(6-19-7-11)14-2-1-12(9-24)23(14)15-3-4-22-16(21-15)13(8-20-22)17(25)26/h3-8,12,14,24H,1-2,9H2,(H,25,26). The summed E-state index contributed by atoms with van der Waals surface area (Å²) in [5, 5.41) is 23.0. The first kappa shape index (κ1) is 16.4. The molecule has 134 valence electrons. The highest BCUT2D eigenvalue weighted by molar-refractivity contribution is 5.94. The summed E-state index contributed by atoms with van der Waals surface area (Å²) in [5.41, 5.74) is 0.903. The summed E-state index contributed by atoms with van der Waals surface area (Å²) in [6, 6.07) is 2.72. The number of carboxylic acids is 1. The topological polar surface area (TPSA) is 104 Å². The van der Waals surface area contributed by atoms with Crippen molar-refractivity contribution in [1.29, 1.82) is 0 Å². The van der Waals surface area contributed by atoms with E-state index in [1.807, 2.05) is 4.90 Å². The van der Waals surface area contributed by atoms with Crippen LogP contribution in [0.5, 0.6) is 0 Å². The van der Waals surface area contributed by atoms with Crippen molar-refractivity contribution in [3.8, 4) is 0 Å². The lowest BCUT2D eigenvalue weighted by molar-refractivity contribution is 0.0698. The van der Waals surface area contributed by atoms with Gasteiger partial charge in [-0.15, -0.1) is 0 Å². The third kappa shape index (κ3) is 2.66. The summed E-state index contributed by atoms with van der Waals surface area (Å²) in [4.78, 5) is 21.6. The van der Waals surface area contributed by atoms with E-state index in [9.17, 15) is 19.4 Å². The molecule has 1 fully saturated rings. The average Bonchev–Trinajstić information content (AvgIpc) is 3.25. The molecule has 4 heterocycles. The van der Waals surface area contributed by atoms with Gasteiger partial charge in [0, 0.05) is 12.4 Å². The Hall–Kier alpha value is -3.07. The molecule has 1 saturated heterocycles. The van der Waals surface area contributed by atoms with Crippen LogP contribution in [0.15, 0.2) is 36.9 Å². The van der Waals surface area contributed by atoms with E-state index in [1.165, 1.54) is 16.8 Å². The van der Waals surface area contributed by atoms with Crippen LogP contribution in [-0.2, 0) is 0 Å². The number of halogens is 1. The van der Waals surface area contributed by atoms with Gasteiger partial charge in [-0.25, -0.2) is 18.7 Å². The molecule has 2 atom stereocenters. The molecule has 2 unspecified atom stereocenters. The molecule has 0 aliphatic carbocycles. The lowest BCUT2D eigenvalue weighted by atomic mass is 10.1. The molecular weight excluding hydrogens is 341 g/mol. The fraction of sp³-hybridized carbons (Fsp3) is 0.294. The lowest BCUT2D eigenvalue weighted by Crippen LogP contribution is -2.35. The Balaban J connectivity index is 1.80. The summed E-state index contributed by atoms with van der Waals surface area (Å²) in [7, 11) is 0. The highest BCUT2D eigenvalue weighted by Gasteiger charge is 2.35. The molecule has 1 aliphatic rings. The minimum Gasteiger partial charge on any atom is -0.477 e. The second kappa shape index (κ2) is 6.34. The summed E-state index contributed by atoms with van der Waals surface area (Å²) in [6.45, 7) is -0.0862. The molecule has 26 heavy (non-hydrogen) atoms. The van der Waals surface area contributed by atoms with Crippen LogP contribution in [0.25, 0.3) is 5.65 Å². The maximum Gasteiger partial charge on any atom is 0.341 e. The number of aromatic carboxylic acids is 1. The van der Waals surface area contributed by atoms with Crippen LogP contribution in [0.3, 0.4) is 0 Å². The lowest BCUT2D eigenvalue weighted by Gasteiger charge is -2.30. The monoisotopic (exact) mass is 357 g/mol. The van der Waals surface area contributed by atoms with Gasteiger partial charge < -0.3 is 15.1 Å². The van der Waals surface area contributed by atoms with Crippen LogP contribution in [0.1, 0.15) is 34.8 Å². The Morgan fingerprint density at radius 1 is 1.31 bits per heavy atom. The number of nitrogens with zero attached hydrogens (tertiary/aromatic N) is 5. The molecule has 0 amide bonds. The number of hydrogen-bond donors (Lipinski definition) is 2. The molecule has 9 heteroatoms. The zero-order chi connectivity index (χ0) is 18.3. The van der Waals surface area contributed by atoms with Crippen LogP contribution in [-0.4, -0.2) is 48.4 Å². The largest absolute Gasteiger partial charge is 0.477 e. The van der Waals surface area contributed by atoms with Crippen molar-refractivity contribution in [1.82, 2.24) is 19.6 Å². The van der Waals surface area contributed by atoms with Gasteiger partial charge in [0.25, 0.3) is 0 Å². The highest BCUT2D eigenvalue weighted by Crippen LogP contribution is 2.39. The number of fused-ring (bicyclic) bond motifs is 1. The first-order chi connectivity index (χ1) is 12.6. The van der Waals surface area contributed by atoms with E-state index in [2.05, 4.69) is 15.1 Å². The van der Waals surface area contributed by atoms with Crippen LogP contribution in [0, 0.1) is 5.82 Å². The number of aromatic nitrogens is 4. The van der Waals surface area contributed by atoms with E-state index in [4.69, 9.17) is 0 Å². The molecule has 2 N–H and O–H groups in total. The number of anilines is 1. The van der Waals surface area contributed by atoms with Gasteiger partial charge in [-0.3, -0.25) is 4.98 Å². The van der Waals surface area contributed by atoms with Crippen molar-refractivity contribution in [2.24, 2.45) is 0 Å². The first-order valence-corrected chi connectivity index (χ1v) is 8.16. The second-order valence-electron chi connectivity index (χ2n) is 6.19. The summed E-state index contributed by atoms with van der Waals surface area (Å²) < 4.78 is 15.0. The first-order valence-electron chi connectivity index (χ1n) is 8.16. The Morgan fingerprint density at radius 3 is 2.88 bits per heavy atom. The second-order valence-corrected chi connectivity index (χ2v) is 6.19. The zero-order valence-corrected chi connectivity index (χ0v) is 13.7. The number of aliphatic hydroxyl groups is 1. The maximum atomic E-state index is 13.6. The minimum absolute atomic E-state index is 0.00410. The van der Waals surface area contributed by atoms with Gasteiger partial charge in [0.05, 0.1) is 31.1 Å². The van der Waals surface area contributed by atoms with Crippen molar-refractivity contribution in [2.45, 2.75) is 24.9 Å². The molecule has 0 aromatic carbocycles. The van der Waals surface area contributed by atoms with Crippen molar-refractivity contribution in [3.63, 3.8) is 0 Å². The molecule has 4 rings (SSSR count). The van der Waals surface area contributed by atoms with Crippen molar-refractivity contribution in [2.75, 3.05) is 11.5 Å². The molecule has 0 saturated carbocycles. The van der Waals surface area contributed by atoms with E-state index < -0.39 is 11.8 Å². The number of rotatable bonds is 4. The van der Waals surface area contributed by atoms with E-state index in [-0.39, 0.29) is 29.9 Å². The number of pyridine rings is 1. The Morgan fingerprint density at radius 2 is 2.15 bits per heavy atom. The fourth-order valence-corrected chi connectivity index (χ4v) is 3.50. The van der Waals surface area contributed by atoms with Gasteiger partial charge >= 0.3 is 5.97 Å². The van der Waals surface area contributed by atoms with Crippen LogP contribution in [0.2, 0.25) is 0 Å². The van der Waals surface area contributed by atoms with Crippen LogP contribution >= 0.6 is 0 Å². The van der Waals surface area contributed by atoms with Crippen LogP contribution in [0.4, 0.5) is 10.2 Å². The molecule has 0 radical (unpaired) electrons. The normalized spacial score (nSPS) is 20.0. The number of carboxylic acid groups (broad SMARTS) is 1. The fourth-order valence-electron chi connectivity index (χ4n) is 3.50. The van der Waals surface area contributed by atoms with Gasteiger partial charge in [-0.1, -0.05) is 0 Å². The molecule has 1 aliphatic heterocycles. The molecule has 0 bridgehead atoms. The van der Waals surface area contributed by atoms with E-state index in [1.54, 1.807) is 18.5 Å². The Bertz CT molecular complexity index is 976. The summed E-state index contributed by atoms with van der Waals surface area (Å²) in [6.07, 6.45) is 7.01. The maximum absolute atomic E-state index is 13.6. The molecule has 0 spiro atoms. The highest BCUT2D eigenvalue weighted by atomic mass is 19.1. The van der Waals surface area contributed by atoms with Gasteiger partial charge in [0.2, 0.25) is 0 Å². The molecule has 3 aromatic rings. The third-order valence-electron chi connectivity index (χ3n) is 4.67. The van der Waals surface area contributed by atoms with Crippen LogP contribution < -0.4 is 4.90 Å². The summed E-state index contributed by atoms with van der Waals surface area (Å²) in [5.74, 6) is -1.04. The predicted molar refractivity (Wildman–Crippen MR) is 89.5 cm³/mol. The molecule has 3 aromatic heterocycles. The number of carbonyl (C=O) groups is 1. The van der Waals surface area contributed by atoms with Gasteiger partial charge in [-0.05, 0) is 30.5 Å². The zero-order valence-electron chi connectivity index (χ0n) is 13.7. The number of hydrogen-bond acceptors (Lipinski definition) is 6. The Kier molecular flexibility index (Phi) is 4.00. The van der Waals surface area contributed by atoms with Gasteiger partial charge in [0.1, 0.15) is 17.2 Å².